The summed E-state index contributed by atoms with van der Waals surface area (Å²) in [5.41, 5.74) is -4.85. The largest absolute Gasteiger partial charge is 0.493 e. The molecule has 1 saturated heterocycles. The molecule has 1 amide bonds. The normalized spacial score (nSPS) is 45.4. The number of likely N-dealkylation sites (tertiary alicyclic amines) is 1. The molecule has 1 aromatic carbocycles. The molecule has 7 bridgehead atoms. The van der Waals surface area contributed by atoms with Crippen LogP contribution in [0.5, 0.6) is 11.5 Å². The lowest BCUT2D eigenvalue weighted by atomic mass is 9.42. The molecule has 7 rings (SSSR count). The van der Waals surface area contributed by atoms with Gasteiger partial charge in [0.15, 0.2) is 11.5 Å². The van der Waals surface area contributed by atoms with Gasteiger partial charge in [-0.1, -0.05) is 0 Å². The van der Waals surface area contributed by atoms with Crippen molar-refractivity contribution in [2.45, 2.75) is 73.9 Å². The van der Waals surface area contributed by atoms with Crippen LogP contribution in [-0.2, 0) is 38.0 Å². The first-order valence-corrected chi connectivity index (χ1v) is 16.7. The summed E-state index contributed by atoms with van der Waals surface area (Å²) in [5, 5.41) is 24.8. The first kappa shape index (κ1) is 34.4. The summed E-state index contributed by atoms with van der Waals surface area (Å²) in [7, 11) is 9.16. The molecule has 0 aromatic heterocycles. The van der Waals surface area contributed by atoms with E-state index in [1.807, 2.05) is 0 Å². The number of aliphatic hydroxyl groups is 2. The van der Waals surface area contributed by atoms with E-state index in [4.69, 9.17) is 37.9 Å². The van der Waals surface area contributed by atoms with Crippen LogP contribution in [0.25, 0.3) is 0 Å². The molecule has 14 heteroatoms. The second-order valence-electron chi connectivity index (χ2n) is 14.8. The molecule has 5 aliphatic carbocycles. The minimum absolute atomic E-state index is 0.0686. The van der Waals surface area contributed by atoms with E-state index in [-0.39, 0.29) is 38.0 Å². The quantitative estimate of drug-likeness (QED) is 0.248. The smallest absolute Gasteiger partial charge is 0.338 e. The van der Waals surface area contributed by atoms with Gasteiger partial charge in [-0.05, 0) is 30.5 Å². The lowest BCUT2D eigenvalue weighted by Gasteiger charge is -2.69. The van der Waals surface area contributed by atoms with Crippen LogP contribution in [0.15, 0.2) is 18.2 Å². The van der Waals surface area contributed by atoms with E-state index in [1.54, 1.807) is 38.4 Å². The van der Waals surface area contributed by atoms with Crippen LogP contribution < -0.4 is 9.47 Å². The summed E-state index contributed by atoms with van der Waals surface area (Å²) >= 11 is 0. The molecule has 14 nitrogen and oxygen atoms in total. The Hall–Kier alpha value is -3.01. The van der Waals surface area contributed by atoms with Crippen LogP contribution in [0.1, 0.15) is 36.5 Å². The average Bonchev–Trinajstić information content (AvgIpc) is 3.46. The van der Waals surface area contributed by atoms with Crippen molar-refractivity contribution in [1.82, 2.24) is 4.90 Å². The molecule has 2 N–H and O–H groups in total. The monoisotopic (exact) mass is 689 g/mol. The Morgan fingerprint density at radius 1 is 0.980 bits per heavy atom. The number of amides is 1. The van der Waals surface area contributed by atoms with Crippen molar-refractivity contribution in [2.24, 2.45) is 34.5 Å². The Morgan fingerprint density at radius 3 is 2.29 bits per heavy atom. The minimum Gasteiger partial charge on any atom is -0.493 e. The fraction of sp³-hybridized carbons (Fsp3) is 0.743. The van der Waals surface area contributed by atoms with Gasteiger partial charge in [-0.25, -0.2) is 4.79 Å². The van der Waals surface area contributed by atoms with Gasteiger partial charge in [0, 0.05) is 89.4 Å². The van der Waals surface area contributed by atoms with Gasteiger partial charge in [0.2, 0.25) is 6.41 Å². The molecule has 0 radical (unpaired) electrons. The van der Waals surface area contributed by atoms with Crippen LogP contribution in [0.2, 0.25) is 0 Å². The molecular weight excluding hydrogens is 642 g/mol. The Morgan fingerprint density at radius 2 is 1.69 bits per heavy atom. The summed E-state index contributed by atoms with van der Waals surface area (Å²) in [6.07, 6.45) is -3.10. The van der Waals surface area contributed by atoms with Crippen molar-refractivity contribution < 1.29 is 62.5 Å². The fourth-order valence-corrected chi connectivity index (χ4v) is 12.3. The number of carbonyl (C=O) groups is 3. The van der Waals surface area contributed by atoms with Crippen molar-refractivity contribution in [3.05, 3.63) is 23.8 Å². The first-order chi connectivity index (χ1) is 23.4. The van der Waals surface area contributed by atoms with E-state index >= 15 is 0 Å². The summed E-state index contributed by atoms with van der Waals surface area (Å²) in [6, 6.07) is 4.08. The highest BCUT2D eigenvalue weighted by molar-refractivity contribution is 5.90. The second kappa shape index (κ2) is 11.8. The number of piperidine rings is 1. The molecule has 1 spiro atoms. The number of methoxy groups -OCH3 is 6. The number of hydrogen-bond donors (Lipinski definition) is 2. The van der Waals surface area contributed by atoms with Gasteiger partial charge in [-0.15, -0.1) is 0 Å². The summed E-state index contributed by atoms with van der Waals surface area (Å²) < 4.78 is 48.2. The molecular formula is C35H47NO13. The maximum atomic E-state index is 14.1. The minimum atomic E-state index is -1.71. The van der Waals surface area contributed by atoms with Gasteiger partial charge < -0.3 is 53.0 Å². The molecule has 6 aliphatic rings. The number of fused-ring (bicyclic) bond motifs is 2. The lowest BCUT2D eigenvalue weighted by Crippen LogP contribution is -2.79. The molecule has 270 valence electrons. The molecule has 1 aliphatic heterocycles. The number of nitrogens with zero attached hydrogens (tertiary/aromatic N) is 1. The van der Waals surface area contributed by atoms with E-state index < -0.39 is 94.2 Å². The lowest BCUT2D eigenvalue weighted by molar-refractivity contribution is -0.295. The van der Waals surface area contributed by atoms with Crippen LogP contribution in [-0.4, -0.2) is 137 Å². The van der Waals surface area contributed by atoms with Crippen LogP contribution >= 0.6 is 0 Å². The number of benzene rings is 1. The van der Waals surface area contributed by atoms with Gasteiger partial charge in [-0.3, -0.25) is 9.59 Å². The predicted octanol–water partition coefficient (Wildman–Crippen LogP) is 0.831. The Labute approximate surface area is 285 Å². The molecule has 49 heavy (non-hydrogen) atoms. The number of ether oxygens (including phenoxy) is 8. The van der Waals surface area contributed by atoms with Crippen LogP contribution in [0.4, 0.5) is 0 Å². The van der Waals surface area contributed by atoms with Crippen molar-refractivity contribution >= 4 is 18.3 Å². The molecule has 5 saturated carbocycles. The van der Waals surface area contributed by atoms with E-state index in [0.29, 0.717) is 11.5 Å². The topological polar surface area (TPSA) is 169 Å². The Balaban J connectivity index is 1.47. The molecule has 6 fully saturated rings. The highest BCUT2D eigenvalue weighted by atomic mass is 16.6. The third-order valence-corrected chi connectivity index (χ3v) is 13.4. The van der Waals surface area contributed by atoms with Gasteiger partial charge in [-0.2, -0.15) is 0 Å². The van der Waals surface area contributed by atoms with Crippen molar-refractivity contribution in [3.8, 4) is 11.5 Å². The maximum absolute atomic E-state index is 14.1. The maximum Gasteiger partial charge on any atom is 0.338 e. The van der Waals surface area contributed by atoms with Gasteiger partial charge in [0.25, 0.3) is 0 Å². The molecule has 1 aromatic rings. The Bertz CT molecular complexity index is 1510. The van der Waals surface area contributed by atoms with Crippen molar-refractivity contribution in [1.29, 1.82) is 0 Å². The Kier molecular flexibility index (Phi) is 8.28. The first-order valence-electron chi connectivity index (χ1n) is 16.7. The van der Waals surface area contributed by atoms with Crippen LogP contribution in [0, 0.1) is 34.5 Å². The SMILES string of the molecule is COC[C@]12CN(C=O)[C@H]3[C@H]4[C@H](OC)[C@H]1C3([C@@H](OC)C[C@H]2O)[C@@H]1C[C@]2(O)[C@@H](OC)C[C@@]4(OC(C)=O)[C@H]1[C@H]2OC(=O)c1ccc(OC)c(OC)c1. The van der Waals surface area contributed by atoms with Gasteiger partial charge in [0.1, 0.15) is 17.3 Å². The van der Waals surface area contributed by atoms with Gasteiger partial charge >= 0.3 is 11.9 Å². The molecule has 1 unspecified atom stereocenters. The number of carbonyl (C=O) groups excluding carboxylic acids is 3. The van der Waals surface area contributed by atoms with E-state index in [9.17, 15) is 24.6 Å². The molecule has 1 heterocycles. The number of rotatable bonds is 11. The van der Waals surface area contributed by atoms with E-state index in [1.165, 1.54) is 34.3 Å². The average molecular weight is 690 g/mol. The fourth-order valence-electron chi connectivity index (χ4n) is 12.3. The zero-order valence-corrected chi connectivity index (χ0v) is 29.0. The number of hydrogen-bond acceptors (Lipinski definition) is 13. The summed E-state index contributed by atoms with van der Waals surface area (Å²) in [4.78, 5) is 42.2. The predicted molar refractivity (Wildman–Crippen MR) is 168 cm³/mol. The number of esters is 2. The zero-order chi connectivity index (χ0) is 35.3. The van der Waals surface area contributed by atoms with Gasteiger partial charge in [0.05, 0.1) is 50.8 Å². The summed E-state index contributed by atoms with van der Waals surface area (Å²) in [6.45, 7) is 1.64. The highest BCUT2D eigenvalue weighted by Gasteiger charge is 2.90. The van der Waals surface area contributed by atoms with E-state index in [2.05, 4.69) is 0 Å². The van der Waals surface area contributed by atoms with Crippen molar-refractivity contribution in [2.75, 3.05) is 55.8 Å². The summed E-state index contributed by atoms with van der Waals surface area (Å²) in [5.74, 6) is -2.94. The third-order valence-electron chi connectivity index (χ3n) is 13.4. The second-order valence-corrected chi connectivity index (χ2v) is 14.8. The third kappa shape index (κ3) is 4.12. The highest BCUT2D eigenvalue weighted by Crippen LogP contribution is 2.80. The molecule has 14 atom stereocenters. The van der Waals surface area contributed by atoms with E-state index in [0.717, 1.165) is 6.41 Å². The number of aliphatic hydroxyl groups excluding tert-OH is 1. The standard InChI is InChI=1S/C35H47NO13/c1-17(38)49-34-13-24(46-6)33(41)12-19(25(34)30(33)48-31(40)18-8-9-20(43-3)21(10-18)44-4)35-23(45-5)11-22(39)32(15-42-2)14-36(16-37)29(35)26(34)27(47-7)28(32)35/h8-10,16,19,22-30,39,41H,11-15H2,1-7H3/t19-,22-,23+,24+,25-,26-,27+,28-,29+,30-,32+,33+,34-,35?/m1/s1. The van der Waals surface area contributed by atoms with Crippen LogP contribution in [0.3, 0.4) is 0 Å². The van der Waals surface area contributed by atoms with Crippen molar-refractivity contribution in [3.63, 3.8) is 0 Å². The zero-order valence-electron chi connectivity index (χ0n) is 29.0.